The number of aromatic nitrogens is 7. The van der Waals surface area contributed by atoms with Crippen molar-refractivity contribution >= 4 is 59.4 Å². The minimum absolute atomic E-state index is 0.0787. The number of piperidine rings is 1. The van der Waals surface area contributed by atoms with Gasteiger partial charge in [0.05, 0.1) is 68.9 Å². The monoisotopic (exact) mass is 941 g/mol. The number of nitrogens with zero attached hydrogens (tertiary/aromatic N) is 10. The second-order valence-corrected chi connectivity index (χ2v) is 17.3. The van der Waals surface area contributed by atoms with Gasteiger partial charge in [0.2, 0.25) is 23.7 Å². The molecule has 22 heteroatoms. The van der Waals surface area contributed by atoms with Crippen molar-refractivity contribution in [2.75, 3.05) is 48.9 Å². The van der Waals surface area contributed by atoms with Crippen LogP contribution in [0, 0.1) is 0 Å². The van der Waals surface area contributed by atoms with E-state index in [2.05, 4.69) is 65.0 Å². The molecule has 5 N–H and O–H groups in total. The Kier molecular flexibility index (Phi) is 14.0. The number of ether oxygens (including phenoxy) is 2. The summed E-state index contributed by atoms with van der Waals surface area (Å²) in [4.78, 5) is 85.7. The fraction of sp³-hybridized carbons (Fsp3) is 0.426. The highest BCUT2D eigenvalue weighted by Gasteiger charge is 2.41. The number of fused-ring (bicyclic) bond motifs is 4. The maximum Gasteiger partial charge on any atom is 0.255 e. The van der Waals surface area contributed by atoms with Gasteiger partial charge in [-0.3, -0.25) is 43.5 Å². The van der Waals surface area contributed by atoms with E-state index in [0.717, 1.165) is 42.2 Å². The predicted octanol–water partition coefficient (Wildman–Crippen LogP) is 3.36. The summed E-state index contributed by atoms with van der Waals surface area (Å²) in [6.45, 7) is 8.25. The third kappa shape index (κ3) is 9.88. The largest absolute Gasteiger partial charge is 0.495 e. The lowest BCUT2D eigenvalue weighted by Gasteiger charge is -2.42. The van der Waals surface area contributed by atoms with Crippen LogP contribution in [0.4, 0.5) is 23.1 Å². The van der Waals surface area contributed by atoms with Gasteiger partial charge in [-0.05, 0) is 62.7 Å². The molecule has 2 fully saturated rings. The zero-order chi connectivity index (χ0) is 48.0. The maximum absolute atomic E-state index is 13.3. The molecule has 0 bridgehead atoms. The van der Waals surface area contributed by atoms with Gasteiger partial charge in [0, 0.05) is 54.5 Å². The lowest BCUT2D eigenvalue weighted by Crippen LogP contribution is -2.52. The Labute approximate surface area is 397 Å². The van der Waals surface area contributed by atoms with E-state index in [-0.39, 0.29) is 68.8 Å². The molecule has 1 aliphatic carbocycles. The van der Waals surface area contributed by atoms with Gasteiger partial charge < -0.3 is 40.5 Å². The van der Waals surface area contributed by atoms with E-state index < -0.39 is 11.9 Å². The molecular weight excluding hydrogens is 887 g/mol. The highest BCUT2D eigenvalue weighted by molar-refractivity contribution is 6.07. The number of methoxy groups -OCH3 is 1. The summed E-state index contributed by atoms with van der Waals surface area (Å²) in [5, 5.41) is 23.0. The summed E-state index contributed by atoms with van der Waals surface area (Å²) in [5.74, 6) is -0.164. The molecular formula is C47H55N15O7. The number of carbonyl (C=O) groups excluding carboxylic acids is 5. The third-order valence-corrected chi connectivity index (χ3v) is 12.9. The van der Waals surface area contributed by atoms with Gasteiger partial charge in [0.25, 0.3) is 11.8 Å². The van der Waals surface area contributed by atoms with E-state index in [1.165, 1.54) is 17.7 Å². The Balaban J connectivity index is 0.716. The highest BCUT2D eigenvalue weighted by Crippen LogP contribution is 2.45. The van der Waals surface area contributed by atoms with Crippen LogP contribution < -0.4 is 36.2 Å². The normalized spacial score (nSPS) is 17.6. The molecule has 5 amide bonds. The van der Waals surface area contributed by atoms with Crippen LogP contribution in [-0.4, -0.2) is 121 Å². The molecule has 9 rings (SSSR count). The summed E-state index contributed by atoms with van der Waals surface area (Å²) in [6.07, 6.45) is 11.2. The molecule has 0 radical (unpaired) electrons. The van der Waals surface area contributed by atoms with E-state index in [4.69, 9.17) is 24.4 Å². The van der Waals surface area contributed by atoms with Crippen LogP contribution in [0.25, 0.3) is 5.69 Å². The molecule has 1 unspecified atom stereocenters. The van der Waals surface area contributed by atoms with Crippen molar-refractivity contribution in [1.29, 1.82) is 0 Å². The molecule has 69 heavy (non-hydrogen) atoms. The third-order valence-electron chi connectivity index (χ3n) is 12.9. The van der Waals surface area contributed by atoms with Crippen LogP contribution in [-0.2, 0) is 45.3 Å². The van der Waals surface area contributed by atoms with Gasteiger partial charge in [0.1, 0.15) is 36.1 Å². The second-order valence-electron chi connectivity index (χ2n) is 17.3. The van der Waals surface area contributed by atoms with Crippen LogP contribution in [0.15, 0.2) is 60.1 Å². The molecule has 4 aliphatic rings. The SMILES string of the molecule is C=NCc1ncn2c1[C@@H](CC)N(C1CCCC1)c1nc(Nc3ccc(C(=O)NCc4cn(CCNCCOCC(=O)Nc5cccc6c5CN(C5CCC(=O)NC5=O)C6=O)nn4)cc3OC)ncc1-2. The summed E-state index contributed by atoms with van der Waals surface area (Å²) < 4.78 is 15.0. The number of rotatable bonds is 20. The van der Waals surface area contributed by atoms with Crippen molar-refractivity contribution < 1.29 is 33.4 Å². The smallest absolute Gasteiger partial charge is 0.255 e. The molecule has 3 aliphatic heterocycles. The fourth-order valence-electron chi connectivity index (χ4n) is 9.61. The Morgan fingerprint density at radius 3 is 2.70 bits per heavy atom. The van der Waals surface area contributed by atoms with E-state index in [1.807, 2.05) is 12.5 Å². The number of carbonyl (C=O) groups is 5. The van der Waals surface area contributed by atoms with Crippen molar-refractivity contribution in [2.45, 2.75) is 96.2 Å². The Morgan fingerprint density at radius 1 is 1.04 bits per heavy atom. The molecule has 22 nitrogen and oxygen atoms in total. The first-order chi connectivity index (χ1) is 33.6. The summed E-state index contributed by atoms with van der Waals surface area (Å²) in [6, 6.07) is 9.84. The van der Waals surface area contributed by atoms with E-state index in [9.17, 15) is 24.0 Å². The molecule has 6 heterocycles. The molecule has 1 saturated carbocycles. The highest BCUT2D eigenvalue weighted by atomic mass is 16.5. The molecule has 3 aromatic heterocycles. The molecule has 360 valence electrons. The molecule has 2 atom stereocenters. The number of benzene rings is 2. The molecule has 1 saturated heterocycles. The quantitative estimate of drug-likeness (QED) is 0.0426. The Bertz CT molecular complexity index is 2770. The standard InChI is InChI=1S/C47H55N15O7/c1-4-36-42-35(22-48-2)52-27-61(42)38-23-51-47(56-43(38)62(36)30-8-5-6-9-30)54-34-13-12-28(20-39(34)68-3)44(65)50-21-29-24-59(58-57-29)18-16-49-17-19-69-26-41(64)53-33-11-7-10-31-32(33)25-60(46(31)67)37-14-15-40(63)55-45(37)66/h7,10-13,20,23-24,27,30,36-37,49H,2,4-6,8-9,14-19,21-22,25-26H2,1,3H3,(H,50,65)(H,53,64)(H,51,54,56)(H,55,63,66)/t36-,37?/m1/s1. The predicted molar refractivity (Wildman–Crippen MR) is 252 cm³/mol. The van der Waals surface area contributed by atoms with Crippen LogP contribution in [0.3, 0.4) is 0 Å². The number of hydrogen-bond donors (Lipinski definition) is 5. The Morgan fingerprint density at radius 2 is 1.90 bits per heavy atom. The van der Waals surface area contributed by atoms with Gasteiger partial charge in [-0.1, -0.05) is 31.0 Å². The van der Waals surface area contributed by atoms with Gasteiger partial charge in [-0.15, -0.1) is 5.10 Å². The van der Waals surface area contributed by atoms with Gasteiger partial charge in [-0.25, -0.2) is 9.97 Å². The summed E-state index contributed by atoms with van der Waals surface area (Å²) in [5.41, 5.74) is 5.97. The number of aliphatic imine (C=N–C) groups is 1. The Hall–Kier alpha value is -7.59. The van der Waals surface area contributed by atoms with Gasteiger partial charge in [-0.2, -0.15) is 4.98 Å². The van der Waals surface area contributed by atoms with Gasteiger partial charge in [0.15, 0.2) is 5.82 Å². The molecule has 0 spiro atoms. The average Bonchev–Trinajstić information content (AvgIpc) is 4.19. The number of hydrogen-bond acceptors (Lipinski definition) is 16. The number of nitrogens with one attached hydrogen (secondary N) is 5. The van der Waals surface area contributed by atoms with Crippen LogP contribution in [0.2, 0.25) is 0 Å². The van der Waals surface area contributed by atoms with Crippen molar-refractivity contribution in [3.05, 3.63) is 88.9 Å². The van der Waals surface area contributed by atoms with Crippen LogP contribution >= 0.6 is 0 Å². The van der Waals surface area contributed by atoms with Gasteiger partial charge >= 0.3 is 0 Å². The van der Waals surface area contributed by atoms with Crippen molar-refractivity contribution in [3.8, 4) is 11.4 Å². The van der Waals surface area contributed by atoms with E-state index in [1.54, 1.807) is 54.4 Å². The average molecular weight is 942 g/mol. The maximum atomic E-state index is 13.3. The number of anilines is 4. The number of amides is 5. The first-order valence-electron chi connectivity index (χ1n) is 23.3. The molecule has 5 aromatic rings. The van der Waals surface area contributed by atoms with Crippen LogP contribution in [0.1, 0.15) is 101 Å². The van der Waals surface area contributed by atoms with E-state index in [0.29, 0.717) is 77.7 Å². The lowest BCUT2D eigenvalue weighted by molar-refractivity contribution is -0.137. The molecule has 2 aromatic carbocycles. The first-order valence-corrected chi connectivity index (χ1v) is 23.3. The number of imide groups is 1. The van der Waals surface area contributed by atoms with Crippen molar-refractivity contribution in [3.63, 3.8) is 0 Å². The first kappa shape index (κ1) is 46.5. The van der Waals surface area contributed by atoms with Crippen molar-refractivity contribution in [1.82, 2.24) is 55.4 Å². The topological polar surface area (TPSA) is 257 Å². The summed E-state index contributed by atoms with van der Waals surface area (Å²) >= 11 is 0. The zero-order valence-corrected chi connectivity index (χ0v) is 38.6. The zero-order valence-electron chi connectivity index (χ0n) is 38.6. The number of imidazole rings is 1. The lowest BCUT2D eigenvalue weighted by atomic mass is 10.00. The minimum Gasteiger partial charge on any atom is -0.495 e. The fourth-order valence-corrected chi connectivity index (χ4v) is 9.61. The summed E-state index contributed by atoms with van der Waals surface area (Å²) in [7, 11) is 1.55. The van der Waals surface area contributed by atoms with E-state index >= 15 is 0 Å². The second kappa shape index (κ2) is 20.7. The minimum atomic E-state index is -0.747. The van der Waals surface area contributed by atoms with Crippen molar-refractivity contribution in [2.24, 2.45) is 4.99 Å². The van der Waals surface area contributed by atoms with Crippen LogP contribution in [0.5, 0.6) is 5.75 Å².